The highest BCUT2D eigenvalue weighted by atomic mass is 16.3. The maximum atomic E-state index is 12.8. The van der Waals surface area contributed by atoms with E-state index < -0.39 is 5.60 Å². The highest BCUT2D eigenvalue weighted by Crippen LogP contribution is 2.41. The molecular weight excluding hydrogens is 286 g/mol. The average molecular weight is 313 g/mol. The average Bonchev–Trinajstić information content (AvgIpc) is 3.09. The number of Topliss-reactive ketones (excluding diaryl/α,β-unsaturated/α-hetero) is 1. The van der Waals surface area contributed by atoms with Crippen LogP contribution in [0.15, 0.2) is 30.3 Å². The summed E-state index contributed by atoms with van der Waals surface area (Å²) < 4.78 is 0. The van der Waals surface area contributed by atoms with Crippen molar-refractivity contribution in [3.63, 3.8) is 0 Å². The first-order chi connectivity index (χ1) is 11.0. The standard InChI is InChI=1S/C20H27NO2/c1-21(2)16-10-4-7-15-19(22)20(23,18-13-8-9-14-18)17-11-5-3-6-12-17/h3,5-6,11-12,18,23H,7-9,13-16H2,1-2H3. The summed E-state index contributed by atoms with van der Waals surface area (Å²) in [6, 6.07) is 9.43. The molecule has 1 N–H and O–H groups in total. The summed E-state index contributed by atoms with van der Waals surface area (Å²) in [5.74, 6) is 6.03. The van der Waals surface area contributed by atoms with Crippen molar-refractivity contribution >= 4 is 5.78 Å². The van der Waals surface area contributed by atoms with Crippen LogP contribution in [0.4, 0.5) is 0 Å². The molecule has 1 fully saturated rings. The largest absolute Gasteiger partial charge is 0.377 e. The summed E-state index contributed by atoms with van der Waals surface area (Å²) in [7, 11) is 3.93. The van der Waals surface area contributed by atoms with Gasteiger partial charge in [-0.15, -0.1) is 5.92 Å². The van der Waals surface area contributed by atoms with E-state index in [1.165, 1.54) is 0 Å². The maximum absolute atomic E-state index is 12.8. The van der Waals surface area contributed by atoms with Gasteiger partial charge >= 0.3 is 0 Å². The third-order valence-electron chi connectivity index (χ3n) is 4.58. The first kappa shape index (κ1) is 17.7. The lowest BCUT2D eigenvalue weighted by atomic mass is 9.76. The molecule has 1 unspecified atom stereocenters. The first-order valence-electron chi connectivity index (χ1n) is 8.46. The monoisotopic (exact) mass is 313 g/mol. The minimum Gasteiger partial charge on any atom is -0.377 e. The Kier molecular flexibility index (Phi) is 6.38. The summed E-state index contributed by atoms with van der Waals surface area (Å²) >= 11 is 0. The van der Waals surface area contributed by atoms with Gasteiger partial charge in [0.2, 0.25) is 0 Å². The highest BCUT2D eigenvalue weighted by molar-refractivity contribution is 5.89. The number of aliphatic hydroxyl groups is 1. The molecule has 0 saturated heterocycles. The van der Waals surface area contributed by atoms with Crippen LogP contribution in [0.1, 0.15) is 44.1 Å². The molecule has 0 aromatic heterocycles. The second-order valence-corrected chi connectivity index (χ2v) is 6.63. The quantitative estimate of drug-likeness (QED) is 0.821. The summed E-state index contributed by atoms with van der Waals surface area (Å²) in [4.78, 5) is 14.8. The topological polar surface area (TPSA) is 40.5 Å². The predicted molar refractivity (Wildman–Crippen MR) is 92.9 cm³/mol. The second-order valence-electron chi connectivity index (χ2n) is 6.63. The molecule has 3 heteroatoms. The molecule has 23 heavy (non-hydrogen) atoms. The highest BCUT2D eigenvalue weighted by Gasteiger charge is 2.45. The molecule has 1 saturated carbocycles. The zero-order chi connectivity index (χ0) is 16.7. The molecule has 0 radical (unpaired) electrons. The van der Waals surface area contributed by atoms with Crippen molar-refractivity contribution in [2.24, 2.45) is 5.92 Å². The molecule has 1 aliphatic rings. The summed E-state index contributed by atoms with van der Waals surface area (Å²) in [5.41, 5.74) is -0.612. The van der Waals surface area contributed by atoms with E-state index in [0.29, 0.717) is 19.4 Å². The van der Waals surface area contributed by atoms with E-state index in [-0.39, 0.29) is 11.7 Å². The smallest absolute Gasteiger partial charge is 0.170 e. The molecule has 0 spiro atoms. The zero-order valence-electron chi connectivity index (χ0n) is 14.2. The van der Waals surface area contributed by atoms with Gasteiger partial charge in [0.05, 0.1) is 6.54 Å². The molecule has 1 aliphatic carbocycles. The number of carbonyl (C=O) groups excluding carboxylic acids is 1. The lowest BCUT2D eigenvalue weighted by Crippen LogP contribution is -2.42. The van der Waals surface area contributed by atoms with E-state index in [4.69, 9.17) is 0 Å². The molecule has 1 atom stereocenters. The molecular formula is C20H27NO2. The number of benzene rings is 1. The van der Waals surface area contributed by atoms with Gasteiger partial charge in [-0.2, -0.15) is 0 Å². The van der Waals surface area contributed by atoms with Gasteiger partial charge in [-0.05, 0) is 38.4 Å². The minimum atomic E-state index is -1.35. The third-order valence-corrected chi connectivity index (χ3v) is 4.58. The van der Waals surface area contributed by atoms with Gasteiger partial charge in [0.15, 0.2) is 11.4 Å². The van der Waals surface area contributed by atoms with Gasteiger partial charge in [0, 0.05) is 12.8 Å². The van der Waals surface area contributed by atoms with Crippen molar-refractivity contribution in [1.29, 1.82) is 0 Å². The molecule has 3 nitrogen and oxygen atoms in total. The molecule has 0 heterocycles. The summed E-state index contributed by atoms with van der Waals surface area (Å²) in [5, 5.41) is 11.3. The van der Waals surface area contributed by atoms with Gasteiger partial charge in [0.1, 0.15) is 0 Å². The molecule has 1 aromatic rings. The molecule has 2 rings (SSSR count). The number of ketones is 1. The van der Waals surface area contributed by atoms with Crippen molar-refractivity contribution in [1.82, 2.24) is 4.90 Å². The number of rotatable bonds is 6. The van der Waals surface area contributed by atoms with Crippen LogP contribution in [0.2, 0.25) is 0 Å². The Bertz CT molecular complexity index is 564. The van der Waals surface area contributed by atoms with E-state index in [0.717, 1.165) is 31.2 Å². The SMILES string of the molecule is CN(C)CC#CCCC(=O)C(O)(c1ccccc1)C1CCCC1. The van der Waals surface area contributed by atoms with E-state index in [2.05, 4.69) is 11.8 Å². The fourth-order valence-corrected chi connectivity index (χ4v) is 3.33. The third kappa shape index (κ3) is 4.43. The van der Waals surface area contributed by atoms with Crippen LogP contribution in [0.25, 0.3) is 0 Å². The lowest BCUT2D eigenvalue weighted by Gasteiger charge is -2.33. The van der Waals surface area contributed by atoms with Crippen LogP contribution in [-0.4, -0.2) is 36.4 Å². The molecule has 1 aromatic carbocycles. The van der Waals surface area contributed by atoms with Crippen molar-refractivity contribution in [3.8, 4) is 11.8 Å². The fourth-order valence-electron chi connectivity index (χ4n) is 3.33. The van der Waals surface area contributed by atoms with Gasteiger partial charge in [-0.25, -0.2) is 0 Å². The van der Waals surface area contributed by atoms with Crippen molar-refractivity contribution < 1.29 is 9.90 Å². The Balaban J connectivity index is 2.10. The summed E-state index contributed by atoms with van der Waals surface area (Å²) in [6.07, 6.45) is 4.84. The van der Waals surface area contributed by atoms with Crippen LogP contribution in [-0.2, 0) is 10.4 Å². The first-order valence-corrected chi connectivity index (χ1v) is 8.46. The zero-order valence-corrected chi connectivity index (χ0v) is 14.2. The van der Waals surface area contributed by atoms with E-state index in [1.54, 1.807) is 0 Å². The Labute approximate surface area is 139 Å². The van der Waals surface area contributed by atoms with Crippen LogP contribution >= 0.6 is 0 Å². The Morgan fingerprint density at radius 3 is 2.48 bits per heavy atom. The lowest BCUT2D eigenvalue weighted by molar-refractivity contribution is -0.144. The van der Waals surface area contributed by atoms with Crippen LogP contribution in [0.5, 0.6) is 0 Å². The maximum Gasteiger partial charge on any atom is 0.170 e. The number of carbonyl (C=O) groups is 1. The van der Waals surface area contributed by atoms with Crippen molar-refractivity contribution in [2.75, 3.05) is 20.6 Å². The molecule has 0 bridgehead atoms. The van der Waals surface area contributed by atoms with Gasteiger partial charge in [0.25, 0.3) is 0 Å². The fraction of sp³-hybridized carbons (Fsp3) is 0.550. The predicted octanol–water partition coefficient (Wildman–Crippen LogP) is 2.98. The van der Waals surface area contributed by atoms with E-state index in [9.17, 15) is 9.90 Å². The van der Waals surface area contributed by atoms with E-state index >= 15 is 0 Å². The van der Waals surface area contributed by atoms with Crippen molar-refractivity contribution in [3.05, 3.63) is 35.9 Å². The van der Waals surface area contributed by atoms with Crippen LogP contribution in [0, 0.1) is 17.8 Å². The minimum absolute atomic E-state index is 0.0344. The molecule has 124 valence electrons. The van der Waals surface area contributed by atoms with Crippen molar-refractivity contribution in [2.45, 2.75) is 44.1 Å². The Morgan fingerprint density at radius 1 is 1.22 bits per heavy atom. The summed E-state index contributed by atoms with van der Waals surface area (Å²) in [6.45, 7) is 0.694. The van der Waals surface area contributed by atoms with E-state index in [1.807, 2.05) is 49.3 Å². The Hall–Kier alpha value is -1.63. The van der Waals surface area contributed by atoms with Gasteiger partial charge in [-0.1, -0.05) is 49.1 Å². The Morgan fingerprint density at radius 2 is 1.87 bits per heavy atom. The molecule has 0 amide bonds. The second kappa shape index (κ2) is 8.29. The van der Waals surface area contributed by atoms with Gasteiger partial charge < -0.3 is 5.11 Å². The molecule has 0 aliphatic heterocycles. The number of hydrogen-bond acceptors (Lipinski definition) is 3. The van der Waals surface area contributed by atoms with Crippen LogP contribution in [0.3, 0.4) is 0 Å². The number of hydrogen-bond donors (Lipinski definition) is 1. The number of nitrogens with zero attached hydrogens (tertiary/aromatic N) is 1. The van der Waals surface area contributed by atoms with Crippen LogP contribution < -0.4 is 0 Å². The normalized spacial score (nSPS) is 17.6. The van der Waals surface area contributed by atoms with Gasteiger partial charge in [-0.3, -0.25) is 9.69 Å².